The first-order chi connectivity index (χ1) is 7.13. The van der Waals surface area contributed by atoms with Crippen molar-refractivity contribution in [1.29, 1.82) is 0 Å². The lowest BCUT2D eigenvalue weighted by atomic mass is 10.4. The molecule has 0 radical (unpaired) electrons. The van der Waals surface area contributed by atoms with Crippen LogP contribution in [0.15, 0.2) is 10.7 Å². The number of rotatable bonds is 4. The minimum Gasteiger partial charge on any atom is -0.369 e. The van der Waals surface area contributed by atoms with E-state index in [-0.39, 0.29) is 0 Å². The SMILES string of the molecule is CSC1(CNc2cc(Br)nc(C)n2)CC1. The summed E-state index contributed by atoms with van der Waals surface area (Å²) in [5, 5.41) is 3.38. The highest BCUT2D eigenvalue weighted by atomic mass is 79.9. The van der Waals surface area contributed by atoms with Crippen LogP contribution in [-0.4, -0.2) is 27.5 Å². The second kappa shape index (κ2) is 4.29. The maximum atomic E-state index is 4.34. The zero-order chi connectivity index (χ0) is 10.9. The Hall–Kier alpha value is -0.290. The lowest BCUT2D eigenvalue weighted by molar-refractivity contribution is 0.927. The molecule has 3 nitrogen and oxygen atoms in total. The number of aryl methyl sites for hydroxylation is 1. The van der Waals surface area contributed by atoms with Gasteiger partial charge in [-0.3, -0.25) is 0 Å². The van der Waals surface area contributed by atoms with Crippen molar-refractivity contribution in [3.05, 3.63) is 16.5 Å². The summed E-state index contributed by atoms with van der Waals surface area (Å²) in [7, 11) is 0. The van der Waals surface area contributed by atoms with E-state index in [9.17, 15) is 0 Å². The summed E-state index contributed by atoms with van der Waals surface area (Å²) in [6.45, 7) is 2.90. The average Bonchev–Trinajstić information content (AvgIpc) is 2.94. The number of aromatic nitrogens is 2. The van der Waals surface area contributed by atoms with Gasteiger partial charge in [-0.15, -0.1) is 0 Å². The summed E-state index contributed by atoms with van der Waals surface area (Å²) in [6, 6.07) is 1.92. The Morgan fingerprint density at radius 1 is 1.53 bits per heavy atom. The van der Waals surface area contributed by atoms with Gasteiger partial charge in [0.25, 0.3) is 0 Å². The van der Waals surface area contributed by atoms with Crippen LogP contribution in [0.25, 0.3) is 0 Å². The second-order valence-electron chi connectivity index (χ2n) is 3.86. The topological polar surface area (TPSA) is 37.8 Å². The summed E-state index contributed by atoms with van der Waals surface area (Å²) in [4.78, 5) is 8.51. The standard InChI is InChI=1S/C10H14BrN3S/c1-7-13-8(11)5-9(14-7)12-6-10(15-2)3-4-10/h5H,3-4,6H2,1-2H3,(H,12,13,14). The van der Waals surface area contributed by atoms with Gasteiger partial charge in [-0.05, 0) is 42.0 Å². The zero-order valence-corrected chi connectivity index (χ0v) is 11.3. The largest absolute Gasteiger partial charge is 0.369 e. The van der Waals surface area contributed by atoms with E-state index in [0.717, 1.165) is 22.8 Å². The number of nitrogens with zero attached hydrogens (tertiary/aromatic N) is 2. The maximum Gasteiger partial charge on any atom is 0.130 e. The molecule has 0 amide bonds. The fourth-order valence-corrected chi connectivity index (χ4v) is 2.67. The van der Waals surface area contributed by atoms with Crippen LogP contribution >= 0.6 is 27.7 Å². The third kappa shape index (κ3) is 2.84. The molecule has 82 valence electrons. The Bertz CT molecular complexity index is 345. The predicted octanol–water partition coefficient (Wildman–Crippen LogP) is 2.86. The van der Waals surface area contributed by atoms with Gasteiger partial charge >= 0.3 is 0 Å². The molecule has 0 atom stereocenters. The summed E-state index contributed by atoms with van der Waals surface area (Å²) in [5.74, 6) is 1.70. The van der Waals surface area contributed by atoms with Crippen molar-refractivity contribution < 1.29 is 0 Å². The lowest BCUT2D eigenvalue weighted by Crippen LogP contribution is -2.18. The van der Waals surface area contributed by atoms with Crippen molar-refractivity contribution in [1.82, 2.24) is 9.97 Å². The first-order valence-electron chi connectivity index (χ1n) is 4.94. The molecule has 0 spiro atoms. The van der Waals surface area contributed by atoms with E-state index in [0.29, 0.717) is 4.75 Å². The molecule has 1 aliphatic carbocycles. The number of thioether (sulfide) groups is 1. The molecule has 1 aromatic heterocycles. The number of hydrogen-bond acceptors (Lipinski definition) is 4. The Morgan fingerprint density at radius 3 is 2.80 bits per heavy atom. The third-order valence-corrected chi connectivity index (χ3v) is 4.46. The fraction of sp³-hybridized carbons (Fsp3) is 0.600. The van der Waals surface area contributed by atoms with Gasteiger partial charge in [-0.2, -0.15) is 11.8 Å². The Kier molecular flexibility index (Phi) is 3.21. The summed E-state index contributed by atoms with van der Waals surface area (Å²) in [5.41, 5.74) is 0. The smallest absolute Gasteiger partial charge is 0.130 e. The molecule has 0 aromatic carbocycles. The molecular weight excluding hydrogens is 274 g/mol. The first kappa shape index (κ1) is 11.2. The van der Waals surface area contributed by atoms with Gasteiger partial charge in [0.1, 0.15) is 16.2 Å². The van der Waals surface area contributed by atoms with Crippen molar-refractivity contribution in [2.45, 2.75) is 24.5 Å². The minimum atomic E-state index is 0.464. The fourth-order valence-electron chi connectivity index (χ4n) is 1.47. The van der Waals surface area contributed by atoms with Gasteiger partial charge in [-0.25, -0.2) is 9.97 Å². The first-order valence-corrected chi connectivity index (χ1v) is 6.96. The molecule has 2 rings (SSSR count). The van der Waals surface area contributed by atoms with Crippen molar-refractivity contribution in [3.63, 3.8) is 0 Å². The highest BCUT2D eigenvalue weighted by Crippen LogP contribution is 2.46. The van der Waals surface area contributed by atoms with Crippen LogP contribution in [-0.2, 0) is 0 Å². The van der Waals surface area contributed by atoms with E-state index in [1.54, 1.807) is 0 Å². The zero-order valence-electron chi connectivity index (χ0n) is 8.88. The molecule has 0 saturated heterocycles. The number of halogens is 1. The van der Waals surface area contributed by atoms with Crippen molar-refractivity contribution >= 4 is 33.5 Å². The molecule has 1 heterocycles. The van der Waals surface area contributed by atoms with Gasteiger partial charge < -0.3 is 5.32 Å². The summed E-state index contributed by atoms with van der Waals surface area (Å²) < 4.78 is 1.30. The van der Waals surface area contributed by atoms with Crippen LogP contribution in [0.3, 0.4) is 0 Å². The van der Waals surface area contributed by atoms with E-state index in [2.05, 4.69) is 37.5 Å². The minimum absolute atomic E-state index is 0.464. The normalized spacial score (nSPS) is 17.5. The predicted molar refractivity (Wildman–Crippen MR) is 68.4 cm³/mol. The molecule has 1 N–H and O–H groups in total. The van der Waals surface area contributed by atoms with E-state index in [4.69, 9.17) is 0 Å². The second-order valence-corrected chi connectivity index (χ2v) is 5.95. The molecule has 1 saturated carbocycles. The number of nitrogens with one attached hydrogen (secondary N) is 1. The van der Waals surface area contributed by atoms with Gasteiger partial charge in [0, 0.05) is 17.4 Å². The molecule has 0 unspecified atom stereocenters. The van der Waals surface area contributed by atoms with E-state index < -0.39 is 0 Å². The van der Waals surface area contributed by atoms with Crippen LogP contribution in [0.1, 0.15) is 18.7 Å². The number of hydrogen-bond donors (Lipinski definition) is 1. The molecule has 15 heavy (non-hydrogen) atoms. The Balaban J connectivity index is 1.99. The van der Waals surface area contributed by atoms with E-state index >= 15 is 0 Å². The molecule has 1 aliphatic rings. The Labute approximate surface area is 103 Å². The summed E-state index contributed by atoms with van der Waals surface area (Å²) >= 11 is 5.32. The molecular formula is C10H14BrN3S. The molecule has 5 heteroatoms. The lowest BCUT2D eigenvalue weighted by Gasteiger charge is -2.13. The van der Waals surface area contributed by atoms with E-state index in [1.807, 2.05) is 24.8 Å². The van der Waals surface area contributed by atoms with Gasteiger partial charge in [0.2, 0.25) is 0 Å². The van der Waals surface area contributed by atoms with Gasteiger partial charge in [-0.1, -0.05) is 0 Å². The maximum absolute atomic E-state index is 4.34. The number of anilines is 1. The Morgan fingerprint density at radius 2 is 2.27 bits per heavy atom. The highest BCUT2D eigenvalue weighted by molar-refractivity contribution is 9.10. The van der Waals surface area contributed by atoms with Crippen molar-refractivity contribution in [2.75, 3.05) is 18.1 Å². The van der Waals surface area contributed by atoms with Crippen molar-refractivity contribution in [2.24, 2.45) is 0 Å². The third-order valence-electron chi connectivity index (χ3n) is 2.64. The molecule has 1 aromatic rings. The van der Waals surface area contributed by atoms with Crippen LogP contribution < -0.4 is 5.32 Å². The van der Waals surface area contributed by atoms with Gasteiger partial charge in [0.15, 0.2) is 0 Å². The van der Waals surface area contributed by atoms with Crippen LogP contribution in [0.5, 0.6) is 0 Å². The van der Waals surface area contributed by atoms with Gasteiger partial charge in [0.05, 0.1) is 0 Å². The molecule has 1 fully saturated rings. The molecule has 0 bridgehead atoms. The van der Waals surface area contributed by atoms with Crippen LogP contribution in [0, 0.1) is 6.92 Å². The highest BCUT2D eigenvalue weighted by Gasteiger charge is 2.41. The monoisotopic (exact) mass is 287 g/mol. The van der Waals surface area contributed by atoms with Crippen LogP contribution in [0.4, 0.5) is 5.82 Å². The van der Waals surface area contributed by atoms with E-state index in [1.165, 1.54) is 12.8 Å². The molecule has 0 aliphatic heterocycles. The van der Waals surface area contributed by atoms with Crippen molar-refractivity contribution in [3.8, 4) is 0 Å². The van der Waals surface area contributed by atoms with Crippen LogP contribution in [0.2, 0.25) is 0 Å². The summed E-state index contributed by atoms with van der Waals surface area (Å²) in [6.07, 6.45) is 4.80. The average molecular weight is 288 g/mol. The quantitative estimate of drug-likeness (QED) is 0.865.